The molecule has 0 radical (unpaired) electrons. The molecule has 0 heterocycles. The molecule has 18 heavy (non-hydrogen) atoms. The molecule has 0 amide bonds. The molecule has 1 atom stereocenters. The first-order valence-corrected chi connectivity index (χ1v) is 5.85. The van der Waals surface area contributed by atoms with Gasteiger partial charge in [0, 0.05) is 5.02 Å². The van der Waals surface area contributed by atoms with Gasteiger partial charge in [-0.15, -0.1) is 0 Å². The van der Waals surface area contributed by atoms with Crippen molar-refractivity contribution < 1.29 is 14.2 Å². The summed E-state index contributed by atoms with van der Waals surface area (Å²) in [5, 5.41) is 10.2. The Morgan fingerprint density at radius 1 is 1.17 bits per heavy atom. The fraction of sp³-hybridized carbons (Fsp3) is 0.143. The predicted molar refractivity (Wildman–Crippen MR) is 68.6 cm³/mol. The minimum Gasteiger partial charge on any atom is -0.457 e. The van der Waals surface area contributed by atoms with Gasteiger partial charge >= 0.3 is 0 Å². The van der Waals surface area contributed by atoms with Gasteiger partial charge in [0.1, 0.15) is 17.3 Å². The highest BCUT2D eigenvalue weighted by Gasteiger charge is 2.15. The van der Waals surface area contributed by atoms with E-state index in [-0.39, 0.29) is 5.56 Å². The van der Waals surface area contributed by atoms with Crippen molar-refractivity contribution in [2.45, 2.75) is 13.0 Å². The van der Waals surface area contributed by atoms with Gasteiger partial charge in [-0.2, -0.15) is 0 Å². The summed E-state index contributed by atoms with van der Waals surface area (Å²) in [5.41, 5.74) is 0.146. The van der Waals surface area contributed by atoms with Crippen LogP contribution < -0.4 is 4.74 Å². The van der Waals surface area contributed by atoms with Crippen molar-refractivity contribution in [1.82, 2.24) is 0 Å². The van der Waals surface area contributed by atoms with Crippen LogP contribution in [0.2, 0.25) is 5.02 Å². The summed E-state index contributed by atoms with van der Waals surface area (Å²) in [6, 6.07) is 11.2. The Balaban J connectivity index is 2.34. The van der Waals surface area contributed by atoms with Crippen molar-refractivity contribution in [3.63, 3.8) is 0 Å². The lowest BCUT2D eigenvalue weighted by atomic mass is 10.1. The highest BCUT2D eigenvalue weighted by atomic mass is 35.5. The van der Waals surface area contributed by atoms with Crippen molar-refractivity contribution in [1.29, 1.82) is 0 Å². The number of benzene rings is 2. The Bertz CT molecular complexity index is 538. The zero-order valence-corrected chi connectivity index (χ0v) is 10.5. The van der Waals surface area contributed by atoms with Crippen LogP contribution in [0.25, 0.3) is 0 Å². The molecule has 0 aliphatic heterocycles. The van der Waals surface area contributed by atoms with E-state index in [0.29, 0.717) is 16.5 Å². The van der Waals surface area contributed by atoms with Gasteiger partial charge in [-0.1, -0.05) is 17.7 Å². The van der Waals surface area contributed by atoms with Crippen molar-refractivity contribution >= 4 is 11.6 Å². The molecule has 0 spiro atoms. The molecule has 2 aromatic rings. The topological polar surface area (TPSA) is 29.5 Å². The average molecular weight is 267 g/mol. The van der Waals surface area contributed by atoms with E-state index in [1.54, 1.807) is 30.3 Å². The maximum Gasteiger partial charge on any atom is 0.136 e. The van der Waals surface area contributed by atoms with Crippen molar-refractivity contribution in [3.05, 3.63) is 58.9 Å². The lowest BCUT2D eigenvalue weighted by Crippen LogP contribution is -1.99. The van der Waals surface area contributed by atoms with E-state index >= 15 is 0 Å². The number of hydrogen-bond acceptors (Lipinski definition) is 2. The fourth-order valence-electron chi connectivity index (χ4n) is 1.64. The van der Waals surface area contributed by atoms with E-state index in [0.717, 1.165) is 0 Å². The first-order valence-electron chi connectivity index (χ1n) is 5.48. The van der Waals surface area contributed by atoms with Crippen LogP contribution in [-0.4, -0.2) is 5.11 Å². The Hall–Kier alpha value is -1.58. The molecule has 0 aliphatic rings. The van der Waals surface area contributed by atoms with Crippen LogP contribution in [0.3, 0.4) is 0 Å². The first kappa shape index (κ1) is 12.9. The zero-order chi connectivity index (χ0) is 13.1. The number of rotatable bonds is 3. The number of aliphatic hydroxyl groups excluding tert-OH is 1. The molecule has 2 nitrogen and oxygen atoms in total. The zero-order valence-electron chi connectivity index (χ0n) is 9.73. The lowest BCUT2D eigenvalue weighted by molar-refractivity contribution is 0.190. The third-order valence-electron chi connectivity index (χ3n) is 2.47. The fourth-order valence-corrected chi connectivity index (χ4v) is 1.77. The Labute approximate surface area is 110 Å². The Morgan fingerprint density at radius 2 is 1.83 bits per heavy atom. The van der Waals surface area contributed by atoms with Crippen LogP contribution in [-0.2, 0) is 0 Å². The van der Waals surface area contributed by atoms with Crippen LogP contribution >= 0.6 is 11.6 Å². The van der Waals surface area contributed by atoms with Gasteiger partial charge in [0.05, 0.1) is 11.7 Å². The molecule has 0 bridgehead atoms. The minimum absolute atomic E-state index is 0.146. The summed E-state index contributed by atoms with van der Waals surface area (Å²) >= 11 is 5.77. The van der Waals surface area contributed by atoms with E-state index in [9.17, 15) is 9.50 Å². The summed E-state index contributed by atoms with van der Waals surface area (Å²) < 4.78 is 19.2. The summed E-state index contributed by atoms with van der Waals surface area (Å²) in [7, 11) is 0. The summed E-state index contributed by atoms with van der Waals surface area (Å²) in [6.07, 6.45) is -0.937. The molecule has 0 fully saturated rings. The van der Waals surface area contributed by atoms with Crippen LogP contribution in [0.4, 0.5) is 4.39 Å². The third-order valence-corrected chi connectivity index (χ3v) is 2.72. The summed E-state index contributed by atoms with van der Waals surface area (Å²) in [6.45, 7) is 1.49. The van der Waals surface area contributed by atoms with Crippen molar-refractivity contribution in [3.8, 4) is 11.5 Å². The SMILES string of the molecule is C[C@@H](O)c1c(F)cccc1Oc1ccc(Cl)cc1. The number of aliphatic hydroxyl groups is 1. The van der Waals surface area contributed by atoms with Gasteiger partial charge < -0.3 is 9.84 Å². The monoisotopic (exact) mass is 266 g/mol. The molecule has 94 valence electrons. The quantitative estimate of drug-likeness (QED) is 0.896. The maximum absolute atomic E-state index is 13.6. The molecule has 0 aliphatic carbocycles. The van der Waals surface area contributed by atoms with Gasteiger partial charge in [-0.05, 0) is 43.3 Å². The van der Waals surface area contributed by atoms with Gasteiger partial charge in [-0.3, -0.25) is 0 Å². The van der Waals surface area contributed by atoms with E-state index in [4.69, 9.17) is 16.3 Å². The Morgan fingerprint density at radius 3 is 2.44 bits per heavy atom. The van der Waals surface area contributed by atoms with Gasteiger partial charge in [0.2, 0.25) is 0 Å². The van der Waals surface area contributed by atoms with E-state index in [1.807, 2.05) is 0 Å². The van der Waals surface area contributed by atoms with Gasteiger partial charge in [-0.25, -0.2) is 4.39 Å². The molecule has 2 aromatic carbocycles. The molecule has 4 heteroatoms. The lowest BCUT2D eigenvalue weighted by Gasteiger charge is -2.13. The highest BCUT2D eigenvalue weighted by molar-refractivity contribution is 6.30. The molecule has 0 saturated heterocycles. The van der Waals surface area contributed by atoms with Crippen molar-refractivity contribution in [2.24, 2.45) is 0 Å². The number of halogens is 2. The largest absolute Gasteiger partial charge is 0.457 e. The van der Waals surface area contributed by atoms with E-state index in [2.05, 4.69) is 0 Å². The highest BCUT2D eigenvalue weighted by Crippen LogP contribution is 2.31. The van der Waals surface area contributed by atoms with E-state index < -0.39 is 11.9 Å². The van der Waals surface area contributed by atoms with Gasteiger partial charge in [0.15, 0.2) is 0 Å². The molecular formula is C14H12ClFO2. The molecule has 1 N–H and O–H groups in total. The maximum atomic E-state index is 13.6. The summed E-state index contributed by atoms with van der Waals surface area (Å²) in [5.74, 6) is 0.343. The molecule has 0 aromatic heterocycles. The van der Waals surface area contributed by atoms with Crippen LogP contribution in [0, 0.1) is 5.82 Å². The van der Waals surface area contributed by atoms with Crippen LogP contribution in [0.15, 0.2) is 42.5 Å². The minimum atomic E-state index is -0.937. The standard InChI is InChI=1S/C14H12ClFO2/c1-9(17)14-12(16)3-2-4-13(14)18-11-7-5-10(15)6-8-11/h2-9,17H,1H3/t9-/m1/s1. The second kappa shape index (κ2) is 5.38. The number of hydrogen-bond donors (Lipinski definition) is 1. The molecule has 2 rings (SSSR count). The van der Waals surface area contributed by atoms with Crippen molar-refractivity contribution in [2.75, 3.05) is 0 Å². The van der Waals surface area contributed by atoms with Crippen LogP contribution in [0.1, 0.15) is 18.6 Å². The third kappa shape index (κ3) is 2.81. The van der Waals surface area contributed by atoms with Gasteiger partial charge in [0.25, 0.3) is 0 Å². The number of ether oxygens (including phenoxy) is 1. The second-order valence-corrected chi connectivity index (χ2v) is 4.32. The molecule has 0 saturated carbocycles. The Kier molecular flexibility index (Phi) is 3.84. The van der Waals surface area contributed by atoms with Crippen LogP contribution in [0.5, 0.6) is 11.5 Å². The summed E-state index contributed by atoms with van der Waals surface area (Å²) in [4.78, 5) is 0. The smallest absolute Gasteiger partial charge is 0.136 e. The first-order chi connectivity index (χ1) is 8.58. The second-order valence-electron chi connectivity index (χ2n) is 3.88. The normalized spacial score (nSPS) is 12.2. The average Bonchev–Trinajstić information content (AvgIpc) is 2.32. The van der Waals surface area contributed by atoms with E-state index in [1.165, 1.54) is 19.1 Å². The molecule has 0 unspecified atom stereocenters. The molecular weight excluding hydrogens is 255 g/mol. The predicted octanol–water partition coefficient (Wildman–Crippen LogP) is 4.32.